The van der Waals surface area contributed by atoms with Crippen molar-refractivity contribution in [2.45, 2.75) is 25.2 Å². The van der Waals surface area contributed by atoms with Crippen molar-refractivity contribution in [2.24, 2.45) is 0 Å². The SMILES string of the molecule is O=c1cc(C2CCNCC2)n2ncc(-c3nc(Cc4ccc(Cl)cc4)no3)c2[nH]1. The predicted molar refractivity (Wildman–Crippen MR) is 108 cm³/mol. The van der Waals surface area contributed by atoms with Crippen molar-refractivity contribution in [3.63, 3.8) is 0 Å². The summed E-state index contributed by atoms with van der Waals surface area (Å²) in [6.07, 6.45) is 4.13. The molecule has 1 aliphatic rings. The zero-order chi connectivity index (χ0) is 19.8. The van der Waals surface area contributed by atoms with Gasteiger partial charge in [0.15, 0.2) is 5.82 Å². The van der Waals surface area contributed by atoms with Crippen LogP contribution in [0.25, 0.3) is 17.1 Å². The number of hydrogen-bond acceptors (Lipinski definition) is 6. The molecule has 2 N–H and O–H groups in total. The molecule has 0 bridgehead atoms. The summed E-state index contributed by atoms with van der Waals surface area (Å²) in [5, 5.41) is 12.6. The molecule has 0 unspecified atom stereocenters. The zero-order valence-corrected chi connectivity index (χ0v) is 16.3. The summed E-state index contributed by atoms with van der Waals surface area (Å²) in [6.45, 7) is 1.87. The second kappa shape index (κ2) is 7.46. The fraction of sp³-hybridized carbons (Fsp3) is 0.300. The molecule has 0 aliphatic carbocycles. The van der Waals surface area contributed by atoms with E-state index in [0.29, 0.717) is 34.4 Å². The summed E-state index contributed by atoms with van der Waals surface area (Å²) in [4.78, 5) is 19.7. The van der Waals surface area contributed by atoms with Gasteiger partial charge in [-0.15, -0.1) is 0 Å². The smallest absolute Gasteiger partial charge is 0.263 e. The summed E-state index contributed by atoms with van der Waals surface area (Å²) in [5.74, 6) is 1.18. The molecule has 9 heteroatoms. The lowest BCUT2D eigenvalue weighted by Crippen LogP contribution is -2.28. The monoisotopic (exact) mass is 410 g/mol. The van der Waals surface area contributed by atoms with Crippen LogP contribution in [0, 0.1) is 0 Å². The maximum Gasteiger partial charge on any atom is 0.263 e. The summed E-state index contributed by atoms with van der Waals surface area (Å²) in [7, 11) is 0. The highest BCUT2D eigenvalue weighted by Crippen LogP contribution is 2.28. The molecule has 8 nitrogen and oxygen atoms in total. The first-order chi connectivity index (χ1) is 14.2. The molecule has 0 saturated carbocycles. The molecule has 4 heterocycles. The molecule has 0 atom stereocenters. The van der Waals surface area contributed by atoms with Crippen LogP contribution in [0.4, 0.5) is 0 Å². The van der Waals surface area contributed by atoms with Gasteiger partial charge in [0.2, 0.25) is 0 Å². The van der Waals surface area contributed by atoms with E-state index in [1.54, 1.807) is 16.8 Å². The van der Waals surface area contributed by atoms with E-state index in [0.717, 1.165) is 37.2 Å². The first kappa shape index (κ1) is 18.1. The molecule has 29 heavy (non-hydrogen) atoms. The van der Waals surface area contributed by atoms with Crippen LogP contribution in [0.1, 0.15) is 35.8 Å². The number of nitrogens with zero attached hydrogens (tertiary/aromatic N) is 4. The Morgan fingerprint density at radius 1 is 1.21 bits per heavy atom. The Morgan fingerprint density at radius 3 is 2.79 bits per heavy atom. The van der Waals surface area contributed by atoms with Crippen LogP contribution in [0.2, 0.25) is 5.02 Å². The van der Waals surface area contributed by atoms with Crippen LogP contribution < -0.4 is 10.9 Å². The van der Waals surface area contributed by atoms with Crippen molar-refractivity contribution in [2.75, 3.05) is 13.1 Å². The predicted octanol–water partition coefficient (Wildman–Crippen LogP) is 2.78. The molecule has 0 amide bonds. The van der Waals surface area contributed by atoms with Gasteiger partial charge >= 0.3 is 0 Å². The van der Waals surface area contributed by atoms with Gasteiger partial charge in [0, 0.05) is 23.4 Å². The summed E-state index contributed by atoms with van der Waals surface area (Å²) >= 11 is 5.93. The van der Waals surface area contributed by atoms with Crippen LogP contribution in [-0.2, 0) is 6.42 Å². The van der Waals surface area contributed by atoms with E-state index in [1.807, 2.05) is 24.3 Å². The molecule has 4 aromatic rings. The van der Waals surface area contributed by atoms with Crippen LogP contribution in [0.5, 0.6) is 0 Å². The van der Waals surface area contributed by atoms with Gasteiger partial charge in [-0.2, -0.15) is 10.1 Å². The minimum absolute atomic E-state index is 0.159. The minimum atomic E-state index is -0.159. The Hall–Kier alpha value is -2.97. The summed E-state index contributed by atoms with van der Waals surface area (Å²) in [5.41, 5.74) is 2.98. The third-order valence-corrected chi connectivity index (χ3v) is 5.52. The second-order valence-corrected chi connectivity index (χ2v) is 7.66. The van der Waals surface area contributed by atoms with Crippen molar-refractivity contribution >= 4 is 17.2 Å². The maximum atomic E-state index is 12.3. The molecule has 1 aromatic carbocycles. The number of fused-ring (bicyclic) bond motifs is 1. The number of H-pyrrole nitrogens is 1. The number of aromatic amines is 1. The van der Waals surface area contributed by atoms with Crippen LogP contribution >= 0.6 is 11.6 Å². The van der Waals surface area contributed by atoms with Gasteiger partial charge in [-0.1, -0.05) is 28.9 Å². The third kappa shape index (κ3) is 3.56. The largest absolute Gasteiger partial charge is 0.334 e. The van der Waals surface area contributed by atoms with Gasteiger partial charge in [0.05, 0.1) is 11.9 Å². The summed E-state index contributed by atoms with van der Waals surface area (Å²) in [6, 6.07) is 9.15. The Bertz CT molecular complexity index is 1200. The molecule has 1 fully saturated rings. The first-order valence-corrected chi connectivity index (χ1v) is 9.94. The van der Waals surface area contributed by atoms with Crippen molar-refractivity contribution in [3.8, 4) is 11.5 Å². The molecular formula is C20H19ClN6O2. The number of halogens is 1. The fourth-order valence-corrected chi connectivity index (χ4v) is 3.92. The van der Waals surface area contributed by atoms with Crippen LogP contribution in [-0.4, -0.2) is 37.8 Å². The van der Waals surface area contributed by atoms with E-state index >= 15 is 0 Å². The van der Waals surface area contributed by atoms with E-state index in [9.17, 15) is 4.79 Å². The molecule has 1 saturated heterocycles. The lowest BCUT2D eigenvalue weighted by Gasteiger charge is -2.23. The van der Waals surface area contributed by atoms with Crippen molar-refractivity contribution in [1.29, 1.82) is 0 Å². The van der Waals surface area contributed by atoms with Crippen LogP contribution in [0.3, 0.4) is 0 Å². The van der Waals surface area contributed by atoms with Gasteiger partial charge in [-0.25, -0.2) is 4.52 Å². The zero-order valence-electron chi connectivity index (χ0n) is 15.6. The molecule has 148 valence electrons. The normalized spacial score (nSPS) is 15.2. The highest BCUT2D eigenvalue weighted by atomic mass is 35.5. The van der Waals surface area contributed by atoms with Crippen molar-refractivity contribution in [3.05, 3.63) is 69.0 Å². The molecule has 0 spiro atoms. The maximum absolute atomic E-state index is 12.3. The van der Waals surface area contributed by atoms with Gasteiger partial charge in [-0.05, 0) is 43.6 Å². The van der Waals surface area contributed by atoms with E-state index in [-0.39, 0.29) is 11.5 Å². The van der Waals surface area contributed by atoms with Crippen molar-refractivity contribution < 1.29 is 4.52 Å². The molecule has 1 aliphatic heterocycles. The van der Waals surface area contributed by atoms with Crippen LogP contribution in [0.15, 0.2) is 45.8 Å². The number of piperidine rings is 1. The summed E-state index contributed by atoms with van der Waals surface area (Å²) < 4.78 is 7.25. The van der Waals surface area contributed by atoms with Gasteiger partial charge in [-0.3, -0.25) is 4.79 Å². The van der Waals surface area contributed by atoms with E-state index < -0.39 is 0 Å². The highest BCUT2D eigenvalue weighted by Gasteiger charge is 2.22. The fourth-order valence-electron chi connectivity index (χ4n) is 3.80. The third-order valence-electron chi connectivity index (χ3n) is 5.27. The molecule has 3 aromatic heterocycles. The number of hydrogen-bond donors (Lipinski definition) is 2. The Morgan fingerprint density at radius 2 is 2.00 bits per heavy atom. The highest BCUT2D eigenvalue weighted by molar-refractivity contribution is 6.30. The topological polar surface area (TPSA) is 101 Å². The van der Waals surface area contributed by atoms with Gasteiger partial charge in [0.1, 0.15) is 11.2 Å². The van der Waals surface area contributed by atoms with Gasteiger partial charge < -0.3 is 14.8 Å². The van der Waals surface area contributed by atoms with E-state index in [2.05, 4.69) is 25.5 Å². The number of aromatic nitrogens is 5. The van der Waals surface area contributed by atoms with Gasteiger partial charge in [0.25, 0.3) is 11.4 Å². The minimum Gasteiger partial charge on any atom is -0.334 e. The standard InChI is InChI=1S/C20H19ClN6O2/c21-14-3-1-12(2-4-14)9-17-24-20(29-26-17)15-11-23-27-16(10-18(28)25-19(15)27)13-5-7-22-8-6-13/h1-4,10-11,13,22H,5-9H2,(H,25,28). The lowest BCUT2D eigenvalue weighted by molar-refractivity contribution is 0.424. The molecule has 0 radical (unpaired) electrons. The Kier molecular flexibility index (Phi) is 4.65. The van der Waals surface area contributed by atoms with Crippen molar-refractivity contribution in [1.82, 2.24) is 30.1 Å². The van der Waals surface area contributed by atoms with E-state index in [4.69, 9.17) is 16.1 Å². The number of benzene rings is 1. The number of nitrogens with one attached hydrogen (secondary N) is 2. The lowest BCUT2D eigenvalue weighted by atomic mass is 9.94. The number of rotatable bonds is 4. The Labute approximate surface area is 170 Å². The molecular weight excluding hydrogens is 392 g/mol. The van der Waals surface area contributed by atoms with E-state index in [1.165, 1.54) is 0 Å². The quantitative estimate of drug-likeness (QED) is 0.536. The second-order valence-electron chi connectivity index (χ2n) is 7.22. The first-order valence-electron chi connectivity index (χ1n) is 9.56. The average Bonchev–Trinajstić information content (AvgIpc) is 3.36. The molecule has 5 rings (SSSR count). The Balaban J connectivity index is 1.49. The average molecular weight is 411 g/mol.